The fourth-order valence-electron chi connectivity index (χ4n) is 2.02. The van der Waals surface area contributed by atoms with Crippen molar-refractivity contribution < 1.29 is 8.42 Å². The van der Waals surface area contributed by atoms with E-state index in [-0.39, 0.29) is 0 Å². The number of hydrogen-bond donors (Lipinski definition) is 1. The summed E-state index contributed by atoms with van der Waals surface area (Å²) in [6.45, 7) is 3.69. The second-order valence-electron chi connectivity index (χ2n) is 4.74. The molecule has 18 heavy (non-hydrogen) atoms. The van der Waals surface area contributed by atoms with Crippen LogP contribution in [-0.2, 0) is 10.0 Å². The minimum Gasteiger partial charge on any atom is -0.370 e. The summed E-state index contributed by atoms with van der Waals surface area (Å²) in [4.78, 5) is 6.48. The minimum atomic E-state index is -3.02. The lowest BCUT2D eigenvalue weighted by Gasteiger charge is -2.36. The van der Waals surface area contributed by atoms with Crippen molar-refractivity contribution in [1.29, 1.82) is 0 Å². The van der Waals surface area contributed by atoms with Crippen LogP contribution >= 0.6 is 11.8 Å². The van der Waals surface area contributed by atoms with Gasteiger partial charge >= 0.3 is 0 Å². The highest BCUT2D eigenvalue weighted by Crippen LogP contribution is 2.19. The van der Waals surface area contributed by atoms with Gasteiger partial charge in [-0.3, -0.25) is 4.99 Å². The maximum Gasteiger partial charge on any atom is 0.211 e. The van der Waals surface area contributed by atoms with E-state index in [4.69, 9.17) is 5.73 Å². The first-order valence-corrected chi connectivity index (χ1v) is 9.05. The molecule has 0 atom stereocenters. The molecule has 8 heteroatoms. The van der Waals surface area contributed by atoms with Gasteiger partial charge in [0, 0.05) is 50.1 Å². The van der Waals surface area contributed by atoms with Crippen molar-refractivity contribution in [3.8, 4) is 0 Å². The van der Waals surface area contributed by atoms with E-state index in [1.165, 1.54) is 10.6 Å². The Labute approximate surface area is 113 Å². The van der Waals surface area contributed by atoms with E-state index in [1.54, 1.807) is 0 Å². The van der Waals surface area contributed by atoms with E-state index in [0.717, 1.165) is 24.6 Å². The van der Waals surface area contributed by atoms with E-state index >= 15 is 0 Å². The van der Waals surface area contributed by atoms with Gasteiger partial charge in [-0.25, -0.2) is 12.7 Å². The number of hydrogen-bond acceptors (Lipinski definition) is 4. The first kappa shape index (κ1) is 14.0. The van der Waals surface area contributed by atoms with Gasteiger partial charge in [-0.1, -0.05) is 0 Å². The summed E-state index contributed by atoms with van der Waals surface area (Å²) in [6.07, 6.45) is 1.24. The summed E-state index contributed by atoms with van der Waals surface area (Å²) < 4.78 is 23.9. The minimum absolute atomic E-state index is 0.317. The predicted octanol–water partition coefficient (Wildman–Crippen LogP) is -0.759. The molecule has 2 saturated heterocycles. The molecule has 6 nitrogen and oxygen atoms in total. The quantitative estimate of drug-likeness (QED) is 0.546. The van der Waals surface area contributed by atoms with Crippen molar-refractivity contribution in [2.75, 3.05) is 50.5 Å². The van der Waals surface area contributed by atoms with E-state index < -0.39 is 10.0 Å². The van der Waals surface area contributed by atoms with Crippen molar-refractivity contribution in [2.24, 2.45) is 16.6 Å². The molecular formula is C10H20N4O2S2. The molecule has 2 aliphatic rings. The number of rotatable bonds is 3. The maximum absolute atomic E-state index is 11.2. The largest absolute Gasteiger partial charge is 0.370 e. The van der Waals surface area contributed by atoms with Gasteiger partial charge in [0.1, 0.15) is 0 Å². The van der Waals surface area contributed by atoms with Gasteiger partial charge in [0.25, 0.3) is 0 Å². The number of sulfonamides is 1. The van der Waals surface area contributed by atoms with E-state index in [0.29, 0.717) is 31.5 Å². The summed E-state index contributed by atoms with van der Waals surface area (Å²) in [5.74, 6) is 3.12. The number of thioether (sulfide) groups is 1. The molecular weight excluding hydrogens is 272 g/mol. The Kier molecular flexibility index (Phi) is 4.39. The topological polar surface area (TPSA) is 79.0 Å². The van der Waals surface area contributed by atoms with E-state index in [1.807, 2.05) is 11.8 Å². The van der Waals surface area contributed by atoms with Crippen LogP contribution in [0.5, 0.6) is 0 Å². The third-order valence-corrected chi connectivity index (χ3v) is 5.42. The van der Waals surface area contributed by atoms with Crippen molar-refractivity contribution >= 4 is 27.7 Å². The van der Waals surface area contributed by atoms with Crippen molar-refractivity contribution in [2.45, 2.75) is 0 Å². The normalized spacial score (nSPS) is 24.1. The molecule has 0 radical (unpaired) electrons. The first-order chi connectivity index (χ1) is 8.47. The molecule has 2 rings (SSSR count). The lowest BCUT2D eigenvalue weighted by Crippen LogP contribution is -2.51. The SMILES string of the molecule is CS(=O)(=O)N1CC(CN=C(N)N2CCSCC2)C1. The molecule has 0 spiro atoms. The molecule has 0 unspecified atom stereocenters. The van der Waals surface area contributed by atoms with Crippen molar-refractivity contribution in [3.05, 3.63) is 0 Å². The predicted molar refractivity (Wildman–Crippen MR) is 75.3 cm³/mol. The average molecular weight is 292 g/mol. The highest BCUT2D eigenvalue weighted by molar-refractivity contribution is 7.99. The number of nitrogens with two attached hydrogens (primary N) is 1. The van der Waals surface area contributed by atoms with Crippen LogP contribution in [0, 0.1) is 5.92 Å². The van der Waals surface area contributed by atoms with Gasteiger partial charge in [-0.2, -0.15) is 11.8 Å². The average Bonchev–Trinajstić information content (AvgIpc) is 2.26. The van der Waals surface area contributed by atoms with Crippen LogP contribution in [-0.4, -0.2) is 74.1 Å². The third-order valence-electron chi connectivity index (χ3n) is 3.24. The fraction of sp³-hybridized carbons (Fsp3) is 0.900. The summed E-state index contributed by atoms with van der Waals surface area (Å²) in [5, 5.41) is 0. The van der Waals surface area contributed by atoms with Crippen LogP contribution in [0.25, 0.3) is 0 Å². The monoisotopic (exact) mass is 292 g/mol. The molecule has 2 heterocycles. The molecule has 2 aliphatic heterocycles. The number of nitrogens with zero attached hydrogens (tertiary/aromatic N) is 3. The molecule has 0 saturated carbocycles. The Hall–Kier alpha value is -0.470. The highest BCUT2D eigenvalue weighted by Gasteiger charge is 2.32. The molecule has 0 aromatic rings. The van der Waals surface area contributed by atoms with Crippen LogP contribution in [0.2, 0.25) is 0 Å². The van der Waals surface area contributed by atoms with Gasteiger partial charge in [-0.05, 0) is 0 Å². The Balaban J connectivity index is 1.75. The van der Waals surface area contributed by atoms with E-state index in [9.17, 15) is 8.42 Å². The zero-order chi connectivity index (χ0) is 13.2. The molecule has 2 N–H and O–H groups in total. The molecule has 0 amide bonds. The van der Waals surface area contributed by atoms with Crippen LogP contribution in [0.3, 0.4) is 0 Å². The van der Waals surface area contributed by atoms with Gasteiger partial charge < -0.3 is 10.6 Å². The van der Waals surface area contributed by atoms with Gasteiger partial charge in [0.15, 0.2) is 5.96 Å². The summed E-state index contributed by atoms with van der Waals surface area (Å²) in [5.41, 5.74) is 5.93. The Morgan fingerprint density at radius 1 is 1.39 bits per heavy atom. The standard InChI is InChI=1S/C10H20N4O2S2/c1-18(15,16)14-7-9(8-14)6-12-10(11)13-2-4-17-5-3-13/h9H,2-8H2,1H3,(H2,11,12). The van der Waals surface area contributed by atoms with Crippen molar-refractivity contribution in [3.63, 3.8) is 0 Å². The smallest absolute Gasteiger partial charge is 0.211 e. The van der Waals surface area contributed by atoms with Crippen LogP contribution in [0.15, 0.2) is 4.99 Å². The van der Waals surface area contributed by atoms with Crippen LogP contribution in [0.1, 0.15) is 0 Å². The lowest BCUT2D eigenvalue weighted by molar-refractivity contribution is 0.208. The highest BCUT2D eigenvalue weighted by atomic mass is 32.2. The first-order valence-electron chi connectivity index (χ1n) is 6.04. The zero-order valence-corrected chi connectivity index (χ0v) is 12.2. The maximum atomic E-state index is 11.2. The number of aliphatic imine (C=N–C) groups is 1. The summed E-state index contributed by atoms with van der Waals surface area (Å²) in [6, 6.07) is 0. The molecule has 0 bridgehead atoms. The second-order valence-corrected chi connectivity index (χ2v) is 7.95. The zero-order valence-electron chi connectivity index (χ0n) is 10.6. The van der Waals surface area contributed by atoms with Crippen LogP contribution in [0.4, 0.5) is 0 Å². The van der Waals surface area contributed by atoms with Gasteiger partial charge in [-0.15, -0.1) is 0 Å². The fourth-order valence-corrected chi connectivity index (χ4v) is 3.89. The summed E-state index contributed by atoms with van der Waals surface area (Å²) in [7, 11) is -3.02. The Morgan fingerprint density at radius 2 is 2.00 bits per heavy atom. The van der Waals surface area contributed by atoms with Gasteiger partial charge in [0.05, 0.1) is 6.26 Å². The molecule has 0 aliphatic carbocycles. The molecule has 0 aromatic heterocycles. The third kappa shape index (κ3) is 3.52. The molecule has 0 aromatic carbocycles. The second kappa shape index (κ2) is 5.66. The van der Waals surface area contributed by atoms with E-state index in [2.05, 4.69) is 9.89 Å². The molecule has 2 fully saturated rings. The number of guanidine groups is 1. The lowest BCUT2D eigenvalue weighted by atomic mass is 10.0. The Bertz CT molecular complexity index is 412. The summed E-state index contributed by atoms with van der Waals surface area (Å²) >= 11 is 1.93. The molecule has 104 valence electrons. The van der Waals surface area contributed by atoms with Gasteiger partial charge in [0.2, 0.25) is 10.0 Å². The van der Waals surface area contributed by atoms with Crippen LogP contribution < -0.4 is 5.73 Å². The Morgan fingerprint density at radius 3 is 2.56 bits per heavy atom. The van der Waals surface area contributed by atoms with Crippen molar-refractivity contribution in [1.82, 2.24) is 9.21 Å².